The van der Waals surface area contributed by atoms with E-state index in [9.17, 15) is 39.9 Å². The molecule has 1 aliphatic heterocycles. The van der Waals surface area contributed by atoms with Crippen LogP contribution in [0.4, 0.5) is 0 Å². The summed E-state index contributed by atoms with van der Waals surface area (Å²) in [6, 6.07) is 3.64. The number of nitrogens with two attached hydrogens (primary N) is 1. The van der Waals surface area contributed by atoms with Gasteiger partial charge in [-0.1, -0.05) is 12.1 Å². The van der Waals surface area contributed by atoms with Gasteiger partial charge in [-0.25, -0.2) is 0 Å². The highest BCUT2D eigenvalue weighted by Crippen LogP contribution is 2.52. The molecule has 1 fully saturated rings. The summed E-state index contributed by atoms with van der Waals surface area (Å²) >= 11 is 0. The van der Waals surface area contributed by atoms with Crippen molar-refractivity contribution in [2.24, 2.45) is 5.73 Å². The minimum atomic E-state index is -2.24. The highest BCUT2D eigenvalue weighted by Gasteiger charge is 2.50. The molecule has 2 aromatic rings. The van der Waals surface area contributed by atoms with E-state index in [2.05, 4.69) is 0 Å². The molecule has 12 nitrogen and oxygen atoms in total. The highest BCUT2D eigenvalue weighted by atomic mass is 35.5. The van der Waals surface area contributed by atoms with Crippen molar-refractivity contribution in [3.05, 3.63) is 51.6 Å². The fraction of sp³-hybridized carbons (Fsp3) is 0.444. The first kappa shape index (κ1) is 29.9. The van der Waals surface area contributed by atoms with Crippen LogP contribution in [0.1, 0.15) is 68.8 Å². The van der Waals surface area contributed by atoms with Gasteiger partial charge < -0.3 is 45.5 Å². The first-order chi connectivity index (χ1) is 18.4. The average molecular weight is 580 g/mol. The molecule has 13 heteroatoms. The van der Waals surface area contributed by atoms with Crippen LogP contribution in [0.2, 0.25) is 0 Å². The summed E-state index contributed by atoms with van der Waals surface area (Å²) in [6.45, 7) is 0.560. The predicted octanol–water partition coefficient (Wildman–Crippen LogP) is 0.423. The van der Waals surface area contributed by atoms with E-state index < -0.39 is 95.7 Å². The number of phenolic OH excluding ortho intramolecular Hbond substituents is 2. The molecule has 0 bridgehead atoms. The first-order valence-corrected chi connectivity index (χ1v) is 12.4. The number of fused-ring (bicyclic) bond motifs is 3. The Morgan fingerprint density at radius 1 is 1.15 bits per heavy atom. The number of hydrogen-bond donors (Lipinski definition) is 6. The number of aliphatic hydroxyl groups is 3. The predicted molar refractivity (Wildman–Crippen MR) is 139 cm³/mol. The van der Waals surface area contributed by atoms with Gasteiger partial charge in [-0.3, -0.25) is 14.4 Å². The van der Waals surface area contributed by atoms with Crippen LogP contribution in [0, 0.1) is 0 Å². The zero-order valence-electron chi connectivity index (χ0n) is 21.6. The lowest BCUT2D eigenvalue weighted by molar-refractivity contribution is -0.247. The number of carbonyl (C=O) groups excluding carboxylic acids is 3. The largest absolute Gasteiger partial charge is 0.507 e. The number of aromatic hydroxyl groups is 2. The molecule has 2 aromatic carbocycles. The second-order valence-electron chi connectivity index (χ2n) is 10.2. The molecule has 2 aliphatic carbocycles. The Morgan fingerprint density at radius 3 is 2.45 bits per heavy atom. The topological polar surface area (TPSA) is 206 Å². The van der Waals surface area contributed by atoms with Crippen molar-refractivity contribution in [3.8, 4) is 17.2 Å². The molecule has 7 N–H and O–H groups in total. The van der Waals surface area contributed by atoms with Crippen LogP contribution in [0.25, 0.3) is 0 Å². The molecule has 6 atom stereocenters. The molecule has 216 valence electrons. The quantitative estimate of drug-likeness (QED) is 0.227. The smallest absolute Gasteiger partial charge is 0.202 e. The number of benzene rings is 2. The molecule has 0 amide bonds. The maximum absolute atomic E-state index is 13.6. The highest BCUT2D eigenvalue weighted by molar-refractivity contribution is 6.31. The van der Waals surface area contributed by atoms with Crippen LogP contribution in [-0.4, -0.2) is 86.7 Å². The molecule has 0 spiro atoms. The normalized spacial score (nSPS) is 29.1. The van der Waals surface area contributed by atoms with E-state index in [1.54, 1.807) is 6.92 Å². The molecular formula is C27H30ClNO11. The number of hydrogen-bond acceptors (Lipinski definition) is 12. The van der Waals surface area contributed by atoms with Gasteiger partial charge in [0.1, 0.15) is 29.5 Å². The summed E-state index contributed by atoms with van der Waals surface area (Å²) in [7, 11) is 1.32. The molecule has 40 heavy (non-hydrogen) atoms. The van der Waals surface area contributed by atoms with Gasteiger partial charge in [-0.2, -0.15) is 0 Å². The minimum absolute atomic E-state index is 0. The summed E-state index contributed by atoms with van der Waals surface area (Å²) in [4.78, 5) is 39.7. The zero-order chi connectivity index (χ0) is 28.4. The lowest BCUT2D eigenvalue weighted by Gasteiger charge is -2.42. The standard InChI is InChI=1S/C27H29NO11.ClH/c1-10-22(31)13(28)6-17(38-10)39-15-8-27(36,16(30)9-29)7-12-19(15)26(35)21-20(24(12)33)23(32)11-4-3-5-14(37-2)18(11)25(21)34;/h3-5,10,13,15,17,22,29,31,33,35-36H,6-9,28H2,1-2H3;1H/t10-,13-,15+,17-,22-,27+;/m1./s1. The molecule has 0 aromatic heterocycles. The van der Waals surface area contributed by atoms with E-state index in [4.69, 9.17) is 19.9 Å². The van der Waals surface area contributed by atoms with Crippen molar-refractivity contribution < 1.29 is 54.1 Å². The van der Waals surface area contributed by atoms with E-state index >= 15 is 0 Å². The van der Waals surface area contributed by atoms with Crippen LogP contribution in [0.5, 0.6) is 17.2 Å². The number of rotatable bonds is 5. The molecule has 5 rings (SSSR count). The third kappa shape index (κ3) is 4.45. The van der Waals surface area contributed by atoms with Crippen molar-refractivity contribution in [1.29, 1.82) is 0 Å². The van der Waals surface area contributed by atoms with Gasteiger partial charge in [-0.15, -0.1) is 12.4 Å². The van der Waals surface area contributed by atoms with Gasteiger partial charge in [0.05, 0.1) is 42.1 Å². The van der Waals surface area contributed by atoms with Crippen molar-refractivity contribution in [2.45, 2.75) is 62.4 Å². The Balaban J connectivity index is 0.00000370. The van der Waals surface area contributed by atoms with E-state index in [-0.39, 0.29) is 46.8 Å². The van der Waals surface area contributed by atoms with Crippen LogP contribution in [-0.2, 0) is 20.7 Å². The number of ether oxygens (including phenoxy) is 3. The lowest BCUT2D eigenvalue weighted by Crippen LogP contribution is -2.53. The fourth-order valence-electron chi connectivity index (χ4n) is 5.75. The molecule has 1 saturated heterocycles. The SMILES string of the molecule is COc1cccc2c1C(=O)c1c(O)c3c(c(O)c1C2=O)C[C@@](O)(C(=O)CO)C[C@@H]3O[C@@H]1C[C@@H](N)[C@H](O)[C@@H](C)O1.Cl. The molecule has 3 aliphatic rings. The Kier molecular flexibility index (Phi) is 8.00. The Bertz CT molecular complexity index is 1380. The maximum Gasteiger partial charge on any atom is 0.202 e. The summed E-state index contributed by atoms with van der Waals surface area (Å²) in [5.41, 5.74) is 2.37. The molecule has 0 saturated carbocycles. The zero-order valence-corrected chi connectivity index (χ0v) is 22.4. The third-order valence-corrected chi connectivity index (χ3v) is 7.81. The van der Waals surface area contributed by atoms with Crippen LogP contribution in [0.15, 0.2) is 18.2 Å². The van der Waals surface area contributed by atoms with Crippen molar-refractivity contribution >= 4 is 29.8 Å². The Labute approximate surface area is 234 Å². The number of ketones is 3. The molecule has 1 heterocycles. The summed E-state index contributed by atoms with van der Waals surface area (Å²) in [5, 5.41) is 53.7. The Hall–Kier alpha value is -3.10. The lowest BCUT2D eigenvalue weighted by atomic mass is 9.72. The van der Waals surface area contributed by atoms with Gasteiger partial charge in [0.15, 0.2) is 17.9 Å². The molecular weight excluding hydrogens is 550 g/mol. The number of Topliss-reactive ketones (excluding diaryl/α,β-unsaturated/α-hetero) is 1. The van der Waals surface area contributed by atoms with Gasteiger partial charge in [0, 0.05) is 42.0 Å². The second kappa shape index (κ2) is 10.7. The second-order valence-corrected chi connectivity index (χ2v) is 10.2. The van der Waals surface area contributed by atoms with Gasteiger partial charge in [0.25, 0.3) is 0 Å². The number of methoxy groups -OCH3 is 1. The van der Waals surface area contributed by atoms with E-state index in [0.29, 0.717) is 0 Å². The average Bonchev–Trinajstić information content (AvgIpc) is 2.90. The maximum atomic E-state index is 13.6. The number of aliphatic hydroxyl groups excluding tert-OH is 2. The summed E-state index contributed by atoms with van der Waals surface area (Å²) in [5.74, 6) is -3.77. The third-order valence-electron chi connectivity index (χ3n) is 7.81. The minimum Gasteiger partial charge on any atom is -0.507 e. The van der Waals surface area contributed by atoms with Crippen molar-refractivity contribution in [3.63, 3.8) is 0 Å². The Morgan fingerprint density at radius 2 is 1.82 bits per heavy atom. The summed E-state index contributed by atoms with van der Waals surface area (Å²) in [6.07, 6.45) is -5.12. The van der Waals surface area contributed by atoms with E-state index in [1.807, 2.05) is 0 Å². The monoisotopic (exact) mass is 579 g/mol. The molecule has 0 radical (unpaired) electrons. The van der Waals surface area contributed by atoms with E-state index in [0.717, 1.165) is 0 Å². The van der Waals surface area contributed by atoms with Gasteiger partial charge >= 0.3 is 0 Å². The van der Waals surface area contributed by atoms with Crippen LogP contribution in [0.3, 0.4) is 0 Å². The number of carbonyl (C=O) groups is 3. The first-order valence-electron chi connectivity index (χ1n) is 12.4. The molecule has 0 unspecified atom stereocenters. The fourth-order valence-corrected chi connectivity index (χ4v) is 5.75. The summed E-state index contributed by atoms with van der Waals surface area (Å²) < 4.78 is 17.0. The number of phenols is 2. The van der Waals surface area contributed by atoms with Crippen LogP contribution < -0.4 is 10.5 Å². The van der Waals surface area contributed by atoms with Crippen molar-refractivity contribution in [1.82, 2.24) is 0 Å². The van der Waals surface area contributed by atoms with Crippen molar-refractivity contribution in [2.75, 3.05) is 13.7 Å². The van der Waals surface area contributed by atoms with Gasteiger partial charge in [0.2, 0.25) is 5.78 Å². The van der Waals surface area contributed by atoms with Gasteiger partial charge in [-0.05, 0) is 13.0 Å². The number of halogens is 1. The van der Waals surface area contributed by atoms with Crippen LogP contribution >= 0.6 is 12.4 Å². The van der Waals surface area contributed by atoms with E-state index in [1.165, 1.54) is 25.3 Å².